The van der Waals surface area contributed by atoms with Crippen molar-refractivity contribution in [3.05, 3.63) is 17.8 Å². The van der Waals surface area contributed by atoms with Crippen molar-refractivity contribution in [2.24, 2.45) is 0 Å². The molecule has 0 aliphatic carbocycles. The van der Waals surface area contributed by atoms with Gasteiger partial charge in [0.15, 0.2) is 11.5 Å². The van der Waals surface area contributed by atoms with Crippen molar-refractivity contribution in [3.63, 3.8) is 0 Å². The summed E-state index contributed by atoms with van der Waals surface area (Å²) >= 11 is 0. The summed E-state index contributed by atoms with van der Waals surface area (Å²) in [5, 5.41) is 8.03. The largest absolute Gasteiger partial charge is 0.464 e. The van der Waals surface area contributed by atoms with E-state index in [1.807, 2.05) is 4.90 Å². The quantitative estimate of drug-likeness (QED) is 0.761. The second-order valence-corrected chi connectivity index (χ2v) is 5.08. The van der Waals surface area contributed by atoms with Gasteiger partial charge in [0.2, 0.25) is 0 Å². The Morgan fingerprint density at radius 1 is 1.38 bits per heavy atom. The third-order valence-electron chi connectivity index (χ3n) is 3.38. The highest BCUT2D eigenvalue weighted by atomic mass is 16.5. The Labute approximate surface area is 123 Å². The van der Waals surface area contributed by atoms with E-state index in [4.69, 9.17) is 4.74 Å². The monoisotopic (exact) mass is 292 g/mol. The van der Waals surface area contributed by atoms with Gasteiger partial charge in [0.25, 0.3) is 5.91 Å². The van der Waals surface area contributed by atoms with E-state index in [9.17, 15) is 9.59 Å². The lowest BCUT2D eigenvalue weighted by atomic mass is 10.2. The minimum atomic E-state index is -0.311. The molecule has 1 aliphatic rings. The first-order valence-electron chi connectivity index (χ1n) is 7.03. The average Bonchev–Trinajstić information content (AvgIpc) is 2.96. The molecule has 0 N–H and O–H groups in total. The number of hydrogen-bond acceptors (Lipinski definition) is 6. The number of carbonyl (C=O) groups excluding carboxylic acids is 2. The molecule has 114 valence electrons. The van der Waals surface area contributed by atoms with Gasteiger partial charge in [-0.2, -0.15) is 0 Å². The fraction of sp³-hybridized carbons (Fsp3) is 0.571. The maximum absolute atomic E-state index is 11.9. The molecule has 21 heavy (non-hydrogen) atoms. The van der Waals surface area contributed by atoms with Crippen molar-refractivity contribution in [1.29, 1.82) is 0 Å². The van der Waals surface area contributed by atoms with Crippen LogP contribution >= 0.6 is 0 Å². The van der Waals surface area contributed by atoms with Gasteiger partial charge < -0.3 is 14.5 Å². The van der Waals surface area contributed by atoms with Gasteiger partial charge in [-0.15, -0.1) is 10.2 Å². The number of anilines is 1. The molecular weight excluding hydrogens is 272 g/mol. The summed E-state index contributed by atoms with van der Waals surface area (Å²) in [5.41, 5.74) is 0.288. The van der Waals surface area contributed by atoms with Gasteiger partial charge in [0, 0.05) is 20.6 Å². The molecule has 1 aliphatic heterocycles. The molecule has 0 spiro atoms. The Bertz CT molecular complexity index is 515. The van der Waals surface area contributed by atoms with Gasteiger partial charge in [0.05, 0.1) is 6.61 Å². The van der Waals surface area contributed by atoms with E-state index >= 15 is 0 Å². The average molecular weight is 292 g/mol. The van der Waals surface area contributed by atoms with Crippen LogP contribution in [0.4, 0.5) is 5.82 Å². The second-order valence-electron chi connectivity index (χ2n) is 5.08. The van der Waals surface area contributed by atoms with E-state index in [2.05, 4.69) is 10.2 Å². The van der Waals surface area contributed by atoms with E-state index in [-0.39, 0.29) is 23.6 Å². The number of amides is 1. The van der Waals surface area contributed by atoms with Gasteiger partial charge in [-0.3, -0.25) is 4.79 Å². The predicted molar refractivity (Wildman–Crippen MR) is 77.1 cm³/mol. The molecule has 0 aromatic carbocycles. The molecule has 7 heteroatoms. The van der Waals surface area contributed by atoms with Gasteiger partial charge in [-0.1, -0.05) is 0 Å². The van der Waals surface area contributed by atoms with Gasteiger partial charge >= 0.3 is 5.97 Å². The summed E-state index contributed by atoms with van der Waals surface area (Å²) < 4.78 is 5.08. The Kier molecular flexibility index (Phi) is 4.72. The highest BCUT2D eigenvalue weighted by Crippen LogP contribution is 2.24. The first kappa shape index (κ1) is 15.2. The number of rotatable bonds is 4. The molecule has 1 aromatic rings. The lowest BCUT2D eigenvalue weighted by Crippen LogP contribution is -2.38. The van der Waals surface area contributed by atoms with Gasteiger partial charge in [-0.25, -0.2) is 4.79 Å². The smallest absolute Gasteiger partial charge is 0.328 e. The first-order chi connectivity index (χ1) is 10.0. The SMILES string of the molecule is CCOC(=O)C1CCCN1c1ccc(C(=O)N(C)C)nn1. The van der Waals surface area contributed by atoms with E-state index in [1.54, 1.807) is 33.2 Å². The summed E-state index contributed by atoms with van der Waals surface area (Å²) in [6.45, 7) is 2.89. The molecule has 1 atom stereocenters. The summed E-state index contributed by atoms with van der Waals surface area (Å²) in [6.07, 6.45) is 1.66. The van der Waals surface area contributed by atoms with Crippen LogP contribution in [0, 0.1) is 0 Å². The van der Waals surface area contributed by atoms with Crippen LogP contribution in [0.1, 0.15) is 30.3 Å². The van der Waals surface area contributed by atoms with E-state index in [0.717, 1.165) is 19.4 Å². The van der Waals surface area contributed by atoms with Crippen LogP contribution < -0.4 is 4.90 Å². The fourth-order valence-corrected chi connectivity index (χ4v) is 2.35. The molecule has 0 radical (unpaired) electrons. The normalized spacial score (nSPS) is 17.7. The standard InChI is InChI=1S/C14H20N4O3/c1-4-21-14(20)11-6-5-9-18(11)12-8-7-10(15-16-12)13(19)17(2)3/h7-8,11H,4-6,9H2,1-3H3. The Hall–Kier alpha value is -2.18. The maximum Gasteiger partial charge on any atom is 0.328 e. The molecule has 1 saturated heterocycles. The van der Waals surface area contributed by atoms with Crippen molar-refractivity contribution in [3.8, 4) is 0 Å². The van der Waals surface area contributed by atoms with Crippen LogP contribution in [0.5, 0.6) is 0 Å². The van der Waals surface area contributed by atoms with Crippen molar-refractivity contribution < 1.29 is 14.3 Å². The Morgan fingerprint density at radius 2 is 2.14 bits per heavy atom. The van der Waals surface area contributed by atoms with Crippen LogP contribution in [-0.2, 0) is 9.53 Å². The molecular formula is C14H20N4O3. The van der Waals surface area contributed by atoms with E-state index < -0.39 is 0 Å². The van der Waals surface area contributed by atoms with Crippen molar-refractivity contribution in [2.75, 3.05) is 32.1 Å². The minimum Gasteiger partial charge on any atom is -0.464 e. The first-order valence-corrected chi connectivity index (χ1v) is 7.03. The van der Waals surface area contributed by atoms with E-state index in [1.165, 1.54) is 4.90 Å². The minimum absolute atomic E-state index is 0.197. The number of nitrogens with zero attached hydrogens (tertiary/aromatic N) is 4. The molecule has 0 saturated carbocycles. The third-order valence-corrected chi connectivity index (χ3v) is 3.38. The van der Waals surface area contributed by atoms with Gasteiger partial charge in [0.1, 0.15) is 6.04 Å². The Morgan fingerprint density at radius 3 is 2.71 bits per heavy atom. The number of hydrogen-bond donors (Lipinski definition) is 0. The van der Waals surface area contributed by atoms with Crippen LogP contribution in [0.15, 0.2) is 12.1 Å². The van der Waals surface area contributed by atoms with Crippen molar-refractivity contribution in [2.45, 2.75) is 25.8 Å². The lowest BCUT2D eigenvalue weighted by molar-refractivity contribution is -0.144. The zero-order chi connectivity index (χ0) is 15.4. The molecule has 1 amide bonds. The molecule has 1 aromatic heterocycles. The Balaban J connectivity index is 2.14. The molecule has 0 bridgehead atoms. The maximum atomic E-state index is 11.9. The summed E-state index contributed by atoms with van der Waals surface area (Å²) in [7, 11) is 3.32. The van der Waals surface area contributed by atoms with Crippen LogP contribution in [-0.4, -0.2) is 60.3 Å². The number of carbonyl (C=O) groups is 2. The van der Waals surface area contributed by atoms with E-state index in [0.29, 0.717) is 12.4 Å². The zero-order valence-corrected chi connectivity index (χ0v) is 12.6. The highest BCUT2D eigenvalue weighted by Gasteiger charge is 2.33. The molecule has 2 rings (SSSR count). The highest BCUT2D eigenvalue weighted by molar-refractivity contribution is 5.91. The third kappa shape index (κ3) is 3.29. The number of ether oxygens (including phenoxy) is 1. The van der Waals surface area contributed by atoms with Crippen molar-refractivity contribution in [1.82, 2.24) is 15.1 Å². The van der Waals surface area contributed by atoms with Crippen LogP contribution in [0.25, 0.3) is 0 Å². The lowest BCUT2D eigenvalue weighted by Gasteiger charge is -2.23. The molecule has 2 heterocycles. The predicted octanol–water partition coefficient (Wildman–Crippen LogP) is 0.710. The fourth-order valence-electron chi connectivity index (χ4n) is 2.35. The zero-order valence-electron chi connectivity index (χ0n) is 12.6. The summed E-state index contributed by atoms with van der Waals surface area (Å²) in [4.78, 5) is 27.0. The van der Waals surface area contributed by atoms with Crippen molar-refractivity contribution >= 4 is 17.7 Å². The van der Waals surface area contributed by atoms with Crippen LogP contribution in [0.2, 0.25) is 0 Å². The van der Waals surface area contributed by atoms with Crippen LogP contribution in [0.3, 0.4) is 0 Å². The molecule has 1 unspecified atom stereocenters. The number of esters is 1. The summed E-state index contributed by atoms with van der Waals surface area (Å²) in [6, 6.07) is 3.04. The molecule has 1 fully saturated rings. The molecule has 7 nitrogen and oxygen atoms in total. The topological polar surface area (TPSA) is 75.6 Å². The van der Waals surface area contributed by atoms with Gasteiger partial charge in [-0.05, 0) is 31.9 Å². The second kappa shape index (κ2) is 6.51. The summed E-state index contributed by atoms with van der Waals surface area (Å²) in [5.74, 6) is 0.170. The number of aromatic nitrogens is 2.